The molecule has 1 aromatic carbocycles. The number of hydrogen-bond donors (Lipinski definition) is 1. The van der Waals surface area contributed by atoms with Crippen LogP contribution in [0.4, 0.5) is 0 Å². The Labute approximate surface area is 121 Å². The largest absolute Gasteiger partial charge is 0.384 e. The van der Waals surface area contributed by atoms with Gasteiger partial charge in [0, 0.05) is 4.47 Å². The van der Waals surface area contributed by atoms with Gasteiger partial charge in [-0.15, -0.1) is 0 Å². The molecule has 19 heavy (non-hydrogen) atoms. The molecule has 2 unspecified atom stereocenters. The molecule has 1 aliphatic rings. The van der Waals surface area contributed by atoms with E-state index in [4.69, 9.17) is 0 Å². The highest BCUT2D eigenvalue weighted by molar-refractivity contribution is 9.10. The Morgan fingerprint density at radius 2 is 2.11 bits per heavy atom. The molecule has 0 aliphatic carbocycles. The molecule has 1 saturated heterocycles. The Morgan fingerprint density at radius 1 is 1.47 bits per heavy atom. The quantitative estimate of drug-likeness (QED) is 0.890. The third-order valence-corrected chi connectivity index (χ3v) is 6.30. The molecule has 102 valence electrons. The molecule has 0 spiro atoms. The molecular weight excluding hydrogens is 330 g/mol. The second-order valence-corrected chi connectivity index (χ2v) is 8.13. The predicted molar refractivity (Wildman–Crippen MR) is 75.0 cm³/mol. The molecule has 6 heteroatoms. The first kappa shape index (κ1) is 14.5. The van der Waals surface area contributed by atoms with E-state index in [1.165, 1.54) is 6.92 Å². The van der Waals surface area contributed by atoms with E-state index in [0.717, 1.165) is 0 Å². The van der Waals surface area contributed by atoms with Gasteiger partial charge in [0.2, 0.25) is 0 Å². The summed E-state index contributed by atoms with van der Waals surface area (Å²) in [4.78, 5) is 0. The summed E-state index contributed by atoms with van der Waals surface area (Å²) in [6.07, 6.45) is 0.153. The highest BCUT2D eigenvalue weighted by Gasteiger charge is 2.55. The highest BCUT2D eigenvalue weighted by Crippen LogP contribution is 2.48. The van der Waals surface area contributed by atoms with E-state index in [1.54, 1.807) is 24.3 Å². The van der Waals surface area contributed by atoms with Crippen molar-refractivity contribution in [2.24, 2.45) is 5.41 Å². The lowest BCUT2D eigenvalue weighted by molar-refractivity contribution is -0.0329. The second-order valence-electron chi connectivity index (χ2n) is 5.09. The highest BCUT2D eigenvalue weighted by atomic mass is 79.9. The first-order valence-corrected chi connectivity index (χ1v) is 8.45. The van der Waals surface area contributed by atoms with Crippen LogP contribution in [0, 0.1) is 16.7 Å². The van der Waals surface area contributed by atoms with Crippen LogP contribution in [0.5, 0.6) is 0 Å². The topological polar surface area (TPSA) is 78.2 Å². The molecule has 0 radical (unpaired) electrons. The van der Waals surface area contributed by atoms with Gasteiger partial charge in [0.1, 0.15) is 11.0 Å². The van der Waals surface area contributed by atoms with Gasteiger partial charge in [0.25, 0.3) is 0 Å². The van der Waals surface area contributed by atoms with Crippen molar-refractivity contribution < 1.29 is 13.5 Å². The number of sulfone groups is 1. The van der Waals surface area contributed by atoms with Gasteiger partial charge in [0.05, 0.1) is 17.6 Å². The van der Waals surface area contributed by atoms with Crippen LogP contribution in [0.2, 0.25) is 0 Å². The van der Waals surface area contributed by atoms with Crippen LogP contribution in [0.25, 0.3) is 0 Å². The standard InChI is InChI=1S/C13H14BrNO3S/c1-12(16,10-4-2-3-5-11(10)14)13(8-15)6-7-19(17,18)9-13/h2-5,16H,6-7,9H2,1H3. The molecule has 4 nitrogen and oxygen atoms in total. The maximum atomic E-state index is 11.7. The Morgan fingerprint density at radius 3 is 2.58 bits per heavy atom. The summed E-state index contributed by atoms with van der Waals surface area (Å²) in [5.74, 6) is -0.355. The first-order chi connectivity index (χ1) is 8.74. The van der Waals surface area contributed by atoms with Gasteiger partial charge in [-0.2, -0.15) is 5.26 Å². The van der Waals surface area contributed by atoms with E-state index < -0.39 is 20.9 Å². The zero-order chi connectivity index (χ0) is 14.3. The van der Waals surface area contributed by atoms with Crippen molar-refractivity contribution >= 4 is 25.8 Å². The molecule has 1 heterocycles. The number of rotatable bonds is 2. The van der Waals surface area contributed by atoms with Gasteiger partial charge in [0.15, 0.2) is 9.84 Å². The number of halogens is 1. The van der Waals surface area contributed by atoms with Crippen molar-refractivity contribution in [2.45, 2.75) is 18.9 Å². The van der Waals surface area contributed by atoms with Crippen LogP contribution >= 0.6 is 15.9 Å². The lowest BCUT2D eigenvalue weighted by Crippen LogP contribution is -2.44. The van der Waals surface area contributed by atoms with Gasteiger partial charge in [-0.3, -0.25) is 0 Å². The van der Waals surface area contributed by atoms with Crippen molar-refractivity contribution in [1.82, 2.24) is 0 Å². The Balaban J connectivity index is 2.56. The van der Waals surface area contributed by atoms with Crippen molar-refractivity contribution in [3.8, 4) is 6.07 Å². The maximum absolute atomic E-state index is 11.7. The maximum Gasteiger partial charge on any atom is 0.152 e. The van der Waals surface area contributed by atoms with E-state index >= 15 is 0 Å². The summed E-state index contributed by atoms with van der Waals surface area (Å²) in [6.45, 7) is 1.51. The molecule has 1 aromatic rings. The number of aliphatic hydroxyl groups is 1. The second kappa shape index (κ2) is 4.58. The predicted octanol–water partition coefficient (Wildman–Crippen LogP) is 1.99. The number of nitrogens with zero attached hydrogens (tertiary/aromatic N) is 1. The summed E-state index contributed by atoms with van der Waals surface area (Å²) in [6, 6.07) is 9.07. The van der Waals surface area contributed by atoms with Crippen LogP contribution < -0.4 is 0 Å². The van der Waals surface area contributed by atoms with Gasteiger partial charge in [-0.05, 0) is 25.0 Å². The minimum absolute atomic E-state index is 0.0544. The van der Waals surface area contributed by atoms with Gasteiger partial charge < -0.3 is 5.11 Å². The zero-order valence-electron chi connectivity index (χ0n) is 10.4. The Bertz CT molecular complexity index is 648. The fourth-order valence-electron chi connectivity index (χ4n) is 2.54. The van der Waals surface area contributed by atoms with Gasteiger partial charge in [-0.1, -0.05) is 34.1 Å². The van der Waals surface area contributed by atoms with Crippen LogP contribution in [0.15, 0.2) is 28.7 Å². The zero-order valence-corrected chi connectivity index (χ0v) is 12.8. The van der Waals surface area contributed by atoms with Crippen LogP contribution in [0.1, 0.15) is 18.9 Å². The fraction of sp³-hybridized carbons (Fsp3) is 0.462. The average molecular weight is 344 g/mol. The van der Waals surface area contributed by atoms with E-state index in [1.807, 2.05) is 6.07 Å². The third kappa shape index (κ3) is 2.31. The van der Waals surface area contributed by atoms with E-state index in [0.29, 0.717) is 10.0 Å². The number of hydrogen-bond acceptors (Lipinski definition) is 4. The minimum atomic E-state index is -3.27. The molecule has 2 rings (SSSR count). The lowest BCUT2D eigenvalue weighted by Gasteiger charge is -2.37. The van der Waals surface area contributed by atoms with Gasteiger partial charge in [-0.25, -0.2) is 8.42 Å². The molecule has 2 atom stereocenters. The molecule has 0 saturated carbocycles. The van der Waals surface area contributed by atoms with Crippen molar-refractivity contribution in [3.63, 3.8) is 0 Å². The minimum Gasteiger partial charge on any atom is -0.384 e. The number of benzene rings is 1. The van der Waals surface area contributed by atoms with Crippen LogP contribution in [-0.4, -0.2) is 25.0 Å². The monoisotopic (exact) mass is 343 g/mol. The molecular formula is C13H14BrNO3S. The smallest absolute Gasteiger partial charge is 0.152 e. The first-order valence-electron chi connectivity index (χ1n) is 5.83. The molecule has 0 amide bonds. The molecule has 1 aliphatic heterocycles. The molecule has 1 N–H and O–H groups in total. The van der Waals surface area contributed by atoms with Crippen LogP contribution in [0.3, 0.4) is 0 Å². The summed E-state index contributed by atoms with van der Waals surface area (Å²) in [5.41, 5.74) is -2.28. The SMILES string of the molecule is CC(O)(c1ccccc1Br)C1(C#N)CCS(=O)(=O)C1. The van der Waals surface area contributed by atoms with E-state index in [9.17, 15) is 18.8 Å². The van der Waals surface area contributed by atoms with Crippen molar-refractivity contribution in [1.29, 1.82) is 5.26 Å². The normalized spacial score (nSPS) is 28.5. The summed E-state index contributed by atoms with van der Waals surface area (Å²) < 4.78 is 24.1. The summed E-state index contributed by atoms with van der Waals surface area (Å²) >= 11 is 3.34. The molecule has 1 fully saturated rings. The van der Waals surface area contributed by atoms with E-state index in [2.05, 4.69) is 15.9 Å². The Hall–Kier alpha value is -0.900. The molecule has 0 bridgehead atoms. The number of nitriles is 1. The fourth-order valence-corrected chi connectivity index (χ4v) is 5.26. The van der Waals surface area contributed by atoms with Gasteiger partial charge >= 0.3 is 0 Å². The Kier molecular flexibility index (Phi) is 3.50. The summed E-state index contributed by atoms with van der Waals surface area (Å²) in [5, 5.41) is 20.3. The van der Waals surface area contributed by atoms with Crippen LogP contribution in [-0.2, 0) is 15.4 Å². The molecule has 0 aromatic heterocycles. The van der Waals surface area contributed by atoms with Crippen molar-refractivity contribution in [2.75, 3.05) is 11.5 Å². The average Bonchev–Trinajstić information content (AvgIpc) is 2.67. The lowest BCUT2D eigenvalue weighted by atomic mass is 9.70. The van der Waals surface area contributed by atoms with Crippen molar-refractivity contribution in [3.05, 3.63) is 34.3 Å². The summed E-state index contributed by atoms with van der Waals surface area (Å²) in [7, 11) is -3.27. The van der Waals surface area contributed by atoms with E-state index in [-0.39, 0.29) is 17.9 Å². The third-order valence-electron chi connectivity index (χ3n) is 3.85.